The number of unbranched alkanes of at least 4 members (excludes halogenated alkanes) is 11. The van der Waals surface area contributed by atoms with Crippen LogP contribution in [0.15, 0.2) is 24.5 Å². The lowest BCUT2D eigenvalue weighted by Crippen LogP contribution is -1.87. The minimum atomic E-state index is 1.17. The highest BCUT2D eigenvalue weighted by molar-refractivity contribution is 9.09. The molecular weight excluding hydrogens is 322 g/mol. The Morgan fingerprint density at radius 3 is 1.71 bits per heavy atom. The molecule has 0 aromatic carbocycles. The van der Waals surface area contributed by atoms with Gasteiger partial charge in [-0.05, 0) is 30.9 Å². The van der Waals surface area contributed by atoms with Gasteiger partial charge in [-0.15, -0.1) is 0 Å². The van der Waals surface area contributed by atoms with Gasteiger partial charge >= 0.3 is 0 Å². The molecule has 0 aliphatic rings. The molecule has 0 bridgehead atoms. The summed E-state index contributed by atoms with van der Waals surface area (Å²) in [5, 5.41) is 1.17. The van der Waals surface area contributed by atoms with E-state index in [0.717, 1.165) is 0 Å². The lowest BCUT2D eigenvalue weighted by atomic mass is 10.0. The lowest BCUT2D eigenvalue weighted by molar-refractivity contribution is 0.544. The van der Waals surface area contributed by atoms with Gasteiger partial charge < -0.3 is 0 Å². The van der Waals surface area contributed by atoms with Crippen molar-refractivity contribution >= 4 is 15.9 Å². The van der Waals surface area contributed by atoms with E-state index in [0.29, 0.717) is 0 Å². The summed E-state index contributed by atoms with van der Waals surface area (Å²) in [6.07, 6.45) is 22.0. The summed E-state index contributed by atoms with van der Waals surface area (Å²) < 4.78 is 0. The van der Waals surface area contributed by atoms with Gasteiger partial charge in [0.25, 0.3) is 0 Å². The number of hydrogen-bond donors (Lipinski definition) is 0. The third-order valence-electron chi connectivity index (χ3n) is 4.07. The molecule has 0 saturated heterocycles. The largest absolute Gasteiger partial charge is 0.264 e. The average molecular weight is 354 g/mol. The van der Waals surface area contributed by atoms with E-state index >= 15 is 0 Å². The number of rotatable bonds is 14. The van der Waals surface area contributed by atoms with Gasteiger partial charge in [0, 0.05) is 17.7 Å². The minimum absolute atomic E-state index is 1.17. The minimum Gasteiger partial charge on any atom is -0.264 e. The molecule has 0 N–H and O–H groups in total. The van der Waals surface area contributed by atoms with Crippen molar-refractivity contribution in [3.8, 4) is 0 Å². The summed E-state index contributed by atoms with van der Waals surface area (Å²) in [4.78, 5) is 4.16. The molecular formula is C19H32BrN. The summed E-state index contributed by atoms with van der Waals surface area (Å²) in [7, 11) is 0. The Balaban J connectivity index is 1.75. The van der Waals surface area contributed by atoms with Crippen molar-refractivity contribution in [2.75, 3.05) is 5.33 Å². The molecule has 0 radical (unpaired) electrons. The number of nitrogens with zero attached hydrogens (tertiary/aromatic N) is 1. The molecule has 0 saturated carbocycles. The first kappa shape index (κ1) is 18.7. The molecule has 0 unspecified atom stereocenters. The van der Waals surface area contributed by atoms with Gasteiger partial charge in [0.15, 0.2) is 0 Å². The molecule has 0 aliphatic carbocycles. The highest BCUT2D eigenvalue weighted by atomic mass is 79.9. The normalized spacial score (nSPS) is 10.9. The zero-order chi connectivity index (χ0) is 15.0. The van der Waals surface area contributed by atoms with Gasteiger partial charge in [-0.3, -0.25) is 4.98 Å². The number of aryl methyl sites for hydroxylation is 1. The van der Waals surface area contributed by atoms with E-state index in [2.05, 4.69) is 27.0 Å². The predicted octanol–water partition coefficient (Wildman–Crippen LogP) is 6.70. The fourth-order valence-electron chi connectivity index (χ4n) is 2.74. The number of hydrogen-bond acceptors (Lipinski definition) is 1. The third-order valence-corrected chi connectivity index (χ3v) is 4.63. The van der Waals surface area contributed by atoms with Crippen molar-refractivity contribution in [3.05, 3.63) is 30.1 Å². The Hall–Kier alpha value is -0.370. The number of halogens is 1. The van der Waals surface area contributed by atoms with Crippen LogP contribution < -0.4 is 0 Å². The number of pyridine rings is 1. The first-order valence-electron chi connectivity index (χ1n) is 8.88. The van der Waals surface area contributed by atoms with Crippen LogP contribution in [0.4, 0.5) is 0 Å². The second-order valence-corrected chi connectivity index (χ2v) is 6.84. The molecule has 1 rings (SSSR count). The molecule has 0 aliphatic heterocycles. The predicted molar refractivity (Wildman–Crippen MR) is 97.1 cm³/mol. The van der Waals surface area contributed by atoms with Gasteiger partial charge in [0.05, 0.1) is 0 Å². The van der Waals surface area contributed by atoms with Crippen molar-refractivity contribution in [2.24, 2.45) is 0 Å². The SMILES string of the molecule is BrCCCCCCCCCCCCCCc1cccnc1. The standard InChI is InChI=1S/C19H32BrN/c20-16-12-10-8-6-4-2-1-3-5-7-9-11-14-19-15-13-17-21-18-19/h13,15,17-18H,1-12,14,16H2. The molecule has 21 heavy (non-hydrogen) atoms. The van der Waals surface area contributed by atoms with E-state index in [1.807, 2.05) is 18.5 Å². The van der Waals surface area contributed by atoms with Gasteiger partial charge in [-0.1, -0.05) is 86.2 Å². The maximum atomic E-state index is 4.16. The molecule has 1 nitrogen and oxygen atoms in total. The van der Waals surface area contributed by atoms with E-state index in [4.69, 9.17) is 0 Å². The molecule has 1 heterocycles. The van der Waals surface area contributed by atoms with Crippen LogP contribution in [-0.4, -0.2) is 10.3 Å². The Bertz CT molecular complexity index is 313. The van der Waals surface area contributed by atoms with Crippen LogP contribution in [0.1, 0.15) is 82.6 Å². The van der Waals surface area contributed by atoms with Crippen molar-refractivity contribution in [2.45, 2.75) is 83.5 Å². The summed E-state index contributed by atoms with van der Waals surface area (Å²) in [6.45, 7) is 0. The zero-order valence-corrected chi connectivity index (χ0v) is 15.1. The highest BCUT2D eigenvalue weighted by Crippen LogP contribution is 2.13. The fourth-order valence-corrected chi connectivity index (χ4v) is 3.13. The van der Waals surface area contributed by atoms with Gasteiger partial charge in [0.1, 0.15) is 0 Å². The van der Waals surface area contributed by atoms with Crippen LogP contribution in [0.2, 0.25) is 0 Å². The van der Waals surface area contributed by atoms with E-state index in [-0.39, 0.29) is 0 Å². The highest BCUT2D eigenvalue weighted by Gasteiger charge is 1.95. The Labute approximate surface area is 140 Å². The topological polar surface area (TPSA) is 12.9 Å². The van der Waals surface area contributed by atoms with E-state index in [9.17, 15) is 0 Å². The van der Waals surface area contributed by atoms with Crippen LogP contribution >= 0.6 is 15.9 Å². The molecule has 1 aromatic heterocycles. The van der Waals surface area contributed by atoms with E-state index < -0.39 is 0 Å². The lowest BCUT2D eigenvalue weighted by Gasteiger charge is -2.03. The summed E-state index contributed by atoms with van der Waals surface area (Å²) in [6, 6.07) is 4.22. The number of alkyl halides is 1. The summed E-state index contributed by atoms with van der Waals surface area (Å²) in [5.41, 5.74) is 1.39. The first-order valence-corrected chi connectivity index (χ1v) is 10.0. The monoisotopic (exact) mass is 353 g/mol. The van der Waals surface area contributed by atoms with Gasteiger partial charge in [-0.2, -0.15) is 0 Å². The molecule has 1 aromatic rings. The molecule has 0 spiro atoms. The van der Waals surface area contributed by atoms with Gasteiger partial charge in [0.2, 0.25) is 0 Å². The Morgan fingerprint density at radius 2 is 1.24 bits per heavy atom. The molecule has 0 atom stereocenters. The molecule has 0 fully saturated rings. The summed E-state index contributed by atoms with van der Waals surface area (Å²) >= 11 is 3.49. The molecule has 0 amide bonds. The molecule has 2 heteroatoms. The van der Waals surface area contributed by atoms with E-state index in [1.54, 1.807) is 0 Å². The van der Waals surface area contributed by atoms with E-state index in [1.165, 1.54) is 94.4 Å². The first-order chi connectivity index (χ1) is 10.4. The maximum absolute atomic E-state index is 4.16. The number of aromatic nitrogens is 1. The van der Waals surface area contributed by atoms with Crippen molar-refractivity contribution in [1.29, 1.82) is 0 Å². The second-order valence-electron chi connectivity index (χ2n) is 6.04. The van der Waals surface area contributed by atoms with Crippen LogP contribution in [0, 0.1) is 0 Å². The van der Waals surface area contributed by atoms with Crippen molar-refractivity contribution in [1.82, 2.24) is 4.98 Å². The van der Waals surface area contributed by atoms with Crippen LogP contribution in [-0.2, 0) is 6.42 Å². The smallest absolute Gasteiger partial charge is 0.0299 e. The van der Waals surface area contributed by atoms with Crippen LogP contribution in [0.5, 0.6) is 0 Å². The van der Waals surface area contributed by atoms with Crippen LogP contribution in [0.3, 0.4) is 0 Å². The fraction of sp³-hybridized carbons (Fsp3) is 0.737. The van der Waals surface area contributed by atoms with Gasteiger partial charge in [-0.25, -0.2) is 0 Å². The maximum Gasteiger partial charge on any atom is 0.0299 e. The quantitative estimate of drug-likeness (QED) is 0.267. The second kappa shape index (κ2) is 14.6. The van der Waals surface area contributed by atoms with Crippen molar-refractivity contribution < 1.29 is 0 Å². The average Bonchev–Trinajstić information content (AvgIpc) is 2.53. The van der Waals surface area contributed by atoms with Crippen LogP contribution in [0.25, 0.3) is 0 Å². The van der Waals surface area contributed by atoms with Crippen molar-refractivity contribution in [3.63, 3.8) is 0 Å². The third kappa shape index (κ3) is 11.9. The molecule has 120 valence electrons. The Kier molecular flexibility index (Phi) is 13.0. The Morgan fingerprint density at radius 1 is 0.714 bits per heavy atom. The zero-order valence-electron chi connectivity index (χ0n) is 13.5. The summed E-state index contributed by atoms with van der Waals surface area (Å²) in [5.74, 6) is 0.